The summed E-state index contributed by atoms with van der Waals surface area (Å²) in [4.78, 5) is 41.1. The number of aryl methyl sites for hydroxylation is 1. The van der Waals surface area contributed by atoms with Crippen LogP contribution in [0.1, 0.15) is 27.8 Å². The number of thioether (sulfide) groups is 1. The molecule has 146 valence electrons. The average molecular weight is 402 g/mol. The molecule has 1 aromatic carbocycles. The van der Waals surface area contributed by atoms with Crippen LogP contribution in [0.2, 0.25) is 0 Å². The normalized spacial score (nSPS) is 10.8. The maximum absolute atomic E-state index is 12.5. The number of esters is 1. The predicted octanol–water partition coefficient (Wildman–Crippen LogP) is 1.42. The first-order valence-corrected chi connectivity index (χ1v) is 9.29. The van der Waals surface area contributed by atoms with Gasteiger partial charge in [0.15, 0.2) is 5.82 Å². The van der Waals surface area contributed by atoms with E-state index in [-0.39, 0.29) is 6.61 Å². The van der Waals surface area contributed by atoms with Gasteiger partial charge in [-0.15, -0.1) is 11.8 Å². The van der Waals surface area contributed by atoms with E-state index in [1.54, 1.807) is 25.1 Å². The first-order valence-electron chi connectivity index (χ1n) is 8.31. The number of carbonyl (C=O) groups excluding carboxylic acids is 1. The third-order valence-corrected chi connectivity index (χ3v) is 5.06. The molecule has 0 saturated carbocycles. The topological polar surface area (TPSA) is 109 Å². The Morgan fingerprint density at radius 3 is 2.68 bits per heavy atom. The molecule has 3 aromatic rings. The number of hydrogen-bond donors (Lipinski definition) is 0. The van der Waals surface area contributed by atoms with Gasteiger partial charge in [-0.1, -0.05) is 17.3 Å². The number of nitrogens with zero attached hydrogens (tertiary/aromatic N) is 4. The summed E-state index contributed by atoms with van der Waals surface area (Å²) in [7, 11) is 2.90. The zero-order chi connectivity index (χ0) is 20.3. The van der Waals surface area contributed by atoms with E-state index < -0.39 is 17.2 Å². The van der Waals surface area contributed by atoms with Gasteiger partial charge in [-0.2, -0.15) is 4.98 Å². The molecule has 3 rings (SSSR count). The summed E-state index contributed by atoms with van der Waals surface area (Å²) >= 11 is 1.37. The molecule has 0 aliphatic heterocycles. The zero-order valence-corrected chi connectivity index (χ0v) is 16.4. The van der Waals surface area contributed by atoms with Crippen molar-refractivity contribution in [2.75, 3.05) is 0 Å². The molecule has 0 spiro atoms. The van der Waals surface area contributed by atoms with Gasteiger partial charge in [-0.3, -0.25) is 13.9 Å². The molecule has 2 aromatic heterocycles. The highest BCUT2D eigenvalue weighted by atomic mass is 32.2. The fourth-order valence-electron chi connectivity index (χ4n) is 2.43. The van der Waals surface area contributed by atoms with Crippen molar-refractivity contribution in [1.82, 2.24) is 19.3 Å². The standard InChI is InChI=1S/C18H18N4O5S/c1-11-19-15(27-20-11)10-28-14-7-5-4-6-13(14)17(24)26-9-12-8-16(23)22(3)18(25)21(12)2/h4-8H,9-10H2,1-3H3. The first-order chi connectivity index (χ1) is 13.4. The van der Waals surface area contributed by atoms with Crippen LogP contribution in [0.4, 0.5) is 0 Å². The van der Waals surface area contributed by atoms with E-state index in [0.717, 1.165) is 4.57 Å². The van der Waals surface area contributed by atoms with Crippen molar-refractivity contribution in [2.24, 2.45) is 14.1 Å². The Balaban J connectivity index is 1.73. The largest absolute Gasteiger partial charge is 0.456 e. The van der Waals surface area contributed by atoms with E-state index in [9.17, 15) is 14.4 Å². The molecule has 0 aliphatic carbocycles. The number of carbonyl (C=O) groups is 1. The first kappa shape index (κ1) is 19.6. The molecular formula is C18H18N4O5S. The van der Waals surface area contributed by atoms with E-state index in [1.807, 2.05) is 6.07 Å². The average Bonchev–Trinajstić information content (AvgIpc) is 3.11. The smallest absolute Gasteiger partial charge is 0.339 e. The van der Waals surface area contributed by atoms with Crippen molar-refractivity contribution < 1.29 is 14.1 Å². The van der Waals surface area contributed by atoms with Crippen LogP contribution < -0.4 is 11.2 Å². The molecule has 2 heterocycles. The van der Waals surface area contributed by atoms with Crippen molar-refractivity contribution in [3.8, 4) is 0 Å². The predicted molar refractivity (Wildman–Crippen MR) is 101 cm³/mol. The fraction of sp³-hybridized carbons (Fsp3) is 0.278. The summed E-state index contributed by atoms with van der Waals surface area (Å²) in [5, 5.41) is 3.73. The van der Waals surface area contributed by atoms with Crippen molar-refractivity contribution in [3.63, 3.8) is 0 Å². The van der Waals surface area contributed by atoms with Gasteiger partial charge in [0.1, 0.15) is 6.61 Å². The van der Waals surface area contributed by atoms with Gasteiger partial charge in [-0.05, 0) is 19.1 Å². The molecule has 0 bridgehead atoms. The summed E-state index contributed by atoms with van der Waals surface area (Å²) < 4.78 is 12.7. The Morgan fingerprint density at radius 2 is 1.96 bits per heavy atom. The van der Waals surface area contributed by atoms with Crippen molar-refractivity contribution in [3.05, 3.63) is 74.1 Å². The number of ether oxygens (including phenoxy) is 1. The van der Waals surface area contributed by atoms with Gasteiger partial charge in [0.25, 0.3) is 5.56 Å². The minimum atomic E-state index is -0.557. The molecule has 0 saturated heterocycles. The molecule has 0 radical (unpaired) electrons. The van der Waals surface area contributed by atoms with Crippen molar-refractivity contribution >= 4 is 17.7 Å². The van der Waals surface area contributed by atoms with E-state index in [1.165, 1.54) is 36.5 Å². The highest BCUT2D eigenvalue weighted by Crippen LogP contribution is 2.26. The molecule has 0 unspecified atom stereocenters. The van der Waals surface area contributed by atoms with Crippen molar-refractivity contribution in [2.45, 2.75) is 24.2 Å². The van der Waals surface area contributed by atoms with Crippen LogP contribution in [0.5, 0.6) is 0 Å². The number of benzene rings is 1. The quantitative estimate of drug-likeness (QED) is 0.450. The van der Waals surface area contributed by atoms with Gasteiger partial charge in [0.2, 0.25) is 5.89 Å². The lowest BCUT2D eigenvalue weighted by Crippen LogP contribution is -2.38. The second-order valence-corrected chi connectivity index (χ2v) is 6.99. The van der Waals surface area contributed by atoms with Gasteiger partial charge >= 0.3 is 11.7 Å². The van der Waals surface area contributed by atoms with E-state index in [0.29, 0.717) is 33.6 Å². The second kappa shape index (κ2) is 8.26. The third kappa shape index (κ3) is 4.22. The minimum absolute atomic E-state index is 0.192. The monoisotopic (exact) mass is 402 g/mol. The van der Waals surface area contributed by atoms with Crippen LogP contribution in [-0.2, 0) is 31.2 Å². The Hall–Kier alpha value is -3.14. The summed E-state index contributed by atoms with van der Waals surface area (Å²) in [5.74, 6) is 0.857. The molecular weight excluding hydrogens is 384 g/mol. The lowest BCUT2D eigenvalue weighted by Gasteiger charge is -2.11. The summed E-state index contributed by atoms with van der Waals surface area (Å²) in [5.41, 5.74) is -0.255. The molecule has 28 heavy (non-hydrogen) atoms. The Kier molecular flexibility index (Phi) is 5.78. The molecule has 0 amide bonds. The van der Waals surface area contributed by atoms with Gasteiger partial charge < -0.3 is 9.26 Å². The maximum Gasteiger partial charge on any atom is 0.339 e. The molecule has 0 fully saturated rings. The Labute approximate surface area is 164 Å². The van der Waals surface area contributed by atoms with Gasteiger partial charge in [0.05, 0.1) is 17.0 Å². The minimum Gasteiger partial charge on any atom is -0.456 e. The maximum atomic E-state index is 12.5. The SMILES string of the molecule is Cc1noc(CSc2ccccc2C(=O)OCc2cc(=O)n(C)c(=O)n2C)n1. The molecule has 0 aliphatic rings. The lowest BCUT2D eigenvalue weighted by atomic mass is 10.2. The number of rotatable bonds is 6. The fourth-order valence-corrected chi connectivity index (χ4v) is 3.31. The van der Waals surface area contributed by atoms with Crippen LogP contribution in [0, 0.1) is 6.92 Å². The summed E-state index contributed by atoms with van der Waals surface area (Å²) in [6.45, 7) is 1.54. The summed E-state index contributed by atoms with van der Waals surface area (Å²) in [6, 6.07) is 8.24. The second-order valence-electron chi connectivity index (χ2n) is 5.97. The highest BCUT2D eigenvalue weighted by molar-refractivity contribution is 7.98. The lowest BCUT2D eigenvalue weighted by molar-refractivity contribution is 0.0458. The van der Waals surface area contributed by atoms with Gasteiger partial charge in [-0.25, -0.2) is 9.59 Å². The van der Waals surface area contributed by atoms with Crippen molar-refractivity contribution in [1.29, 1.82) is 0 Å². The van der Waals surface area contributed by atoms with E-state index in [4.69, 9.17) is 9.26 Å². The molecule has 10 heteroatoms. The van der Waals surface area contributed by atoms with Crippen LogP contribution in [0.15, 0.2) is 49.3 Å². The Morgan fingerprint density at radius 1 is 1.21 bits per heavy atom. The zero-order valence-electron chi connectivity index (χ0n) is 15.5. The molecule has 0 atom stereocenters. The van der Waals surface area contributed by atoms with Crippen LogP contribution in [0.25, 0.3) is 0 Å². The van der Waals surface area contributed by atoms with Crippen LogP contribution in [0.3, 0.4) is 0 Å². The highest BCUT2D eigenvalue weighted by Gasteiger charge is 2.15. The van der Waals surface area contributed by atoms with E-state index >= 15 is 0 Å². The number of aromatic nitrogens is 4. The third-order valence-electron chi connectivity index (χ3n) is 4.00. The van der Waals surface area contributed by atoms with Crippen LogP contribution >= 0.6 is 11.8 Å². The van der Waals surface area contributed by atoms with Gasteiger partial charge in [0, 0.05) is 25.1 Å². The molecule has 9 nitrogen and oxygen atoms in total. The number of hydrogen-bond acceptors (Lipinski definition) is 8. The van der Waals surface area contributed by atoms with E-state index in [2.05, 4.69) is 10.1 Å². The summed E-state index contributed by atoms with van der Waals surface area (Å²) in [6.07, 6.45) is 0. The Bertz CT molecular complexity index is 1130. The molecule has 0 N–H and O–H groups in total. The van der Waals surface area contributed by atoms with Crippen LogP contribution in [-0.4, -0.2) is 25.2 Å².